The third-order valence-electron chi connectivity index (χ3n) is 4.29. The molecule has 0 bridgehead atoms. The van der Waals surface area contributed by atoms with Gasteiger partial charge >= 0.3 is 11.8 Å². The van der Waals surface area contributed by atoms with Crippen LogP contribution in [-0.4, -0.2) is 44.5 Å². The number of nitrogens with zero attached hydrogens (tertiary/aromatic N) is 2. The maximum atomic E-state index is 12.3. The molecule has 1 fully saturated rings. The molecule has 1 saturated heterocycles. The van der Waals surface area contributed by atoms with Gasteiger partial charge < -0.3 is 10.2 Å². The summed E-state index contributed by atoms with van der Waals surface area (Å²) in [6, 6.07) is 15.9. The van der Waals surface area contributed by atoms with Gasteiger partial charge in [0.2, 0.25) is 10.0 Å². The molecule has 0 saturated carbocycles. The smallest absolute Gasteiger partial charge is 0.313 e. The maximum Gasteiger partial charge on any atom is 0.313 e. The van der Waals surface area contributed by atoms with Gasteiger partial charge in [-0.3, -0.25) is 13.9 Å². The number of carbonyl (C=O) groups is 2. The Labute approximate surface area is 158 Å². The third-order valence-corrected chi connectivity index (χ3v) is 6.16. The average molecular weight is 387 g/mol. The van der Waals surface area contributed by atoms with E-state index in [0.717, 1.165) is 5.56 Å². The molecule has 27 heavy (non-hydrogen) atoms. The normalized spacial score (nSPS) is 15.4. The lowest BCUT2D eigenvalue weighted by molar-refractivity contribution is -0.142. The molecule has 2 aromatic carbocycles. The van der Waals surface area contributed by atoms with Crippen molar-refractivity contribution in [1.82, 2.24) is 4.90 Å². The van der Waals surface area contributed by atoms with Crippen LogP contribution in [0, 0.1) is 0 Å². The molecule has 0 atom stereocenters. The van der Waals surface area contributed by atoms with Crippen molar-refractivity contribution in [3.05, 3.63) is 60.2 Å². The van der Waals surface area contributed by atoms with Gasteiger partial charge in [0.1, 0.15) is 0 Å². The number of carbonyl (C=O) groups excluding carboxylic acids is 2. The van der Waals surface area contributed by atoms with Crippen molar-refractivity contribution in [3.63, 3.8) is 0 Å². The highest BCUT2D eigenvalue weighted by Crippen LogP contribution is 2.26. The van der Waals surface area contributed by atoms with Crippen molar-refractivity contribution in [3.8, 4) is 0 Å². The highest BCUT2D eigenvalue weighted by molar-refractivity contribution is 7.93. The fourth-order valence-electron chi connectivity index (χ4n) is 2.96. The number of sulfonamides is 1. The standard InChI is InChI=1S/C19H21N3O4S/c1-21(14-15-7-3-2-4-8-15)19(24)18(23)20-16-9-5-10-17(13-16)22-11-6-12-27(22,25)26/h2-5,7-10,13H,6,11-12,14H2,1H3,(H,20,23). The summed E-state index contributed by atoms with van der Waals surface area (Å²) in [5, 5.41) is 2.55. The van der Waals surface area contributed by atoms with Crippen molar-refractivity contribution < 1.29 is 18.0 Å². The molecule has 0 aliphatic carbocycles. The van der Waals surface area contributed by atoms with E-state index in [1.807, 2.05) is 30.3 Å². The largest absolute Gasteiger partial charge is 0.333 e. The van der Waals surface area contributed by atoms with Crippen molar-refractivity contribution in [1.29, 1.82) is 0 Å². The summed E-state index contributed by atoms with van der Waals surface area (Å²) in [6.07, 6.45) is 0.571. The van der Waals surface area contributed by atoms with Crippen LogP contribution in [0.2, 0.25) is 0 Å². The lowest BCUT2D eigenvalue weighted by Gasteiger charge is -2.19. The van der Waals surface area contributed by atoms with Crippen molar-refractivity contribution in [2.24, 2.45) is 0 Å². The zero-order valence-corrected chi connectivity index (χ0v) is 15.8. The van der Waals surface area contributed by atoms with Gasteiger partial charge in [-0.25, -0.2) is 8.42 Å². The molecule has 2 amide bonds. The van der Waals surface area contributed by atoms with E-state index in [4.69, 9.17) is 0 Å². The Morgan fingerprint density at radius 2 is 1.85 bits per heavy atom. The van der Waals surface area contributed by atoms with Gasteiger partial charge in [0, 0.05) is 25.8 Å². The number of nitrogens with one attached hydrogen (secondary N) is 1. The predicted octanol–water partition coefficient (Wildman–Crippen LogP) is 1.82. The minimum absolute atomic E-state index is 0.117. The van der Waals surface area contributed by atoms with E-state index in [9.17, 15) is 18.0 Å². The molecular weight excluding hydrogens is 366 g/mol. The first kappa shape index (κ1) is 18.9. The summed E-state index contributed by atoms with van der Waals surface area (Å²) in [5.74, 6) is -1.32. The van der Waals surface area contributed by atoms with Crippen LogP contribution in [0.3, 0.4) is 0 Å². The predicted molar refractivity (Wildman–Crippen MR) is 104 cm³/mol. The Hall–Kier alpha value is -2.87. The second kappa shape index (κ2) is 7.79. The van der Waals surface area contributed by atoms with Crippen LogP contribution < -0.4 is 9.62 Å². The van der Waals surface area contributed by atoms with Crippen molar-refractivity contribution in [2.75, 3.05) is 29.0 Å². The first-order valence-corrected chi connectivity index (χ1v) is 10.2. The lowest BCUT2D eigenvalue weighted by Crippen LogP contribution is -2.36. The Morgan fingerprint density at radius 1 is 1.11 bits per heavy atom. The molecule has 1 N–H and O–H groups in total. The number of hydrogen-bond acceptors (Lipinski definition) is 4. The fraction of sp³-hybridized carbons (Fsp3) is 0.263. The number of anilines is 2. The third kappa shape index (κ3) is 4.46. The minimum Gasteiger partial charge on any atom is -0.333 e. The Morgan fingerprint density at radius 3 is 2.52 bits per heavy atom. The second-order valence-corrected chi connectivity index (χ2v) is 8.41. The van der Waals surface area contributed by atoms with Gasteiger partial charge in [-0.15, -0.1) is 0 Å². The molecule has 0 radical (unpaired) electrons. The molecule has 0 unspecified atom stereocenters. The van der Waals surface area contributed by atoms with Crippen LogP contribution in [-0.2, 0) is 26.2 Å². The Bertz CT molecular complexity index is 944. The SMILES string of the molecule is CN(Cc1ccccc1)C(=O)C(=O)Nc1cccc(N2CCCS2(=O)=O)c1. The van der Waals surface area contributed by atoms with Gasteiger partial charge in [-0.2, -0.15) is 0 Å². The van der Waals surface area contributed by atoms with Gasteiger partial charge in [0.05, 0.1) is 11.4 Å². The minimum atomic E-state index is -3.30. The molecule has 142 valence electrons. The summed E-state index contributed by atoms with van der Waals surface area (Å²) in [4.78, 5) is 25.9. The molecule has 0 aromatic heterocycles. The first-order chi connectivity index (χ1) is 12.9. The van der Waals surface area contributed by atoms with Crippen LogP contribution in [0.4, 0.5) is 11.4 Å². The molecule has 1 aliphatic heterocycles. The number of likely N-dealkylation sites (N-methyl/N-ethyl adjacent to an activating group) is 1. The lowest BCUT2D eigenvalue weighted by atomic mass is 10.2. The monoisotopic (exact) mass is 387 g/mol. The van der Waals surface area contributed by atoms with E-state index in [0.29, 0.717) is 30.9 Å². The van der Waals surface area contributed by atoms with Crippen LogP contribution >= 0.6 is 0 Å². The molecule has 8 heteroatoms. The molecule has 2 aromatic rings. The summed E-state index contributed by atoms with van der Waals surface area (Å²) in [7, 11) is -1.75. The summed E-state index contributed by atoms with van der Waals surface area (Å²) in [6.45, 7) is 0.734. The van der Waals surface area contributed by atoms with Gasteiger partial charge in [0.15, 0.2) is 0 Å². The number of amides is 2. The second-order valence-electron chi connectivity index (χ2n) is 6.39. The molecule has 3 rings (SSSR count). The van der Waals surface area contributed by atoms with E-state index in [1.165, 1.54) is 9.21 Å². The number of benzene rings is 2. The summed E-state index contributed by atoms with van der Waals surface area (Å²) < 4.78 is 25.4. The van der Waals surface area contributed by atoms with E-state index in [1.54, 1.807) is 31.3 Å². The van der Waals surface area contributed by atoms with Crippen LogP contribution in [0.15, 0.2) is 54.6 Å². The van der Waals surface area contributed by atoms with Gasteiger partial charge in [-0.05, 0) is 30.2 Å². The van der Waals surface area contributed by atoms with Crippen LogP contribution in [0.25, 0.3) is 0 Å². The summed E-state index contributed by atoms with van der Waals surface area (Å²) in [5.41, 5.74) is 1.78. The van der Waals surface area contributed by atoms with E-state index >= 15 is 0 Å². The van der Waals surface area contributed by atoms with Crippen LogP contribution in [0.1, 0.15) is 12.0 Å². The van der Waals surface area contributed by atoms with Crippen LogP contribution in [0.5, 0.6) is 0 Å². The topological polar surface area (TPSA) is 86.8 Å². The Kier molecular flexibility index (Phi) is 5.46. The maximum absolute atomic E-state index is 12.3. The van der Waals surface area contributed by atoms with E-state index in [2.05, 4.69) is 5.32 Å². The summed E-state index contributed by atoms with van der Waals surface area (Å²) >= 11 is 0. The fourth-order valence-corrected chi connectivity index (χ4v) is 4.51. The van der Waals surface area contributed by atoms with E-state index < -0.39 is 21.8 Å². The van der Waals surface area contributed by atoms with Gasteiger partial charge in [0.25, 0.3) is 0 Å². The highest BCUT2D eigenvalue weighted by Gasteiger charge is 2.28. The van der Waals surface area contributed by atoms with Crippen molar-refractivity contribution in [2.45, 2.75) is 13.0 Å². The zero-order chi connectivity index (χ0) is 19.4. The average Bonchev–Trinajstić information content (AvgIpc) is 3.01. The molecule has 1 heterocycles. The molecule has 1 aliphatic rings. The molecule has 0 spiro atoms. The number of rotatable bonds is 4. The number of hydrogen-bond donors (Lipinski definition) is 1. The quantitative estimate of drug-likeness (QED) is 0.811. The van der Waals surface area contributed by atoms with Crippen molar-refractivity contribution >= 4 is 33.2 Å². The van der Waals surface area contributed by atoms with E-state index in [-0.39, 0.29) is 5.75 Å². The molecular formula is C19H21N3O4S. The first-order valence-electron chi connectivity index (χ1n) is 8.58. The molecule has 7 nitrogen and oxygen atoms in total. The Balaban J connectivity index is 1.67. The highest BCUT2D eigenvalue weighted by atomic mass is 32.2. The zero-order valence-electron chi connectivity index (χ0n) is 15.0. The van der Waals surface area contributed by atoms with Gasteiger partial charge in [-0.1, -0.05) is 36.4 Å².